The summed E-state index contributed by atoms with van der Waals surface area (Å²) in [7, 11) is 1.91. The van der Waals surface area contributed by atoms with Gasteiger partial charge in [-0.05, 0) is 29.1 Å². The second-order valence-corrected chi connectivity index (χ2v) is 5.43. The second kappa shape index (κ2) is 5.05. The first kappa shape index (κ1) is 12.8. The maximum atomic E-state index is 13.2. The van der Waals surface area contributed by atoms with Gasteiger partial charge in [-0.1, -0.05) is 12.1 Å². The summed E-state index contributed by atoms with van der Waals surface area (Å²) >= 11 is 1.52. The van der Waals surface area contributed by atoms with Crippen LogP contribution in [0.15, 0.2) is 35.7 Å². The van der Waals surface area contributed by atoms with Crippen LogP contribution in [0.5, 0.6) is 0 Å². The first-order chi connectivity index (χ1) is 9.63. The summed E-state index contributed by atoms with van der Waals surface area (Å²) in [5.74, 6) is 0.776. The molecule has 6 heteroatoms. The zero-order valence-electron chi connectivity index (χ0n) is 10.9. The van der Waals surface area contributed by atoms with Gasteiger partial charge in [-0.25, -0.2) is 9.37 Å². The van der Waals surface area contributed by atoms with Crippen LogP contribution in [0.2, 0.25) is 0 Å². The number of aromatic nitrogens is 2. The Labute approximate surface area is 119 Å². The second-order valence-electron chi connectivity index (χ2n) is 4.53. The van der Waals surface area contributed by atoms with E-state index in [-0.39, 0.29) is 11.8 Å². The van der Waals surface area contributed by atoms with Crippen LogP contribution in [-0.4, -0.2) is 17.0 Å². The van der Waals surface area contributed by atoms with Gasteiger partial charge in [-0.3, -0.25) is 0 Å². The number of hydrogen-bond donors (Lipinski definition) is 1. The molecule has 102 valence electrons. The van der Waals surface area contributed by atoms with Crippen LogP contribution >= 0.6 is 11.3 Å². The molecule has 20 heavy (non-hydrogen) atoms. The standard InChI is InChI=1S/C14H13FN4S/c1-19(8-9-3-2-4-10(15)7-9)12-11-5-6-20-13(11)18-14(16)17-12/h2-7H,8H2,1H3,(H2,16,17,18). The van der Waals surface area contributed by atoms with Crippen LogP contribution in [0, 0.1) is 5.82 Å². The lowest BCUT2D eigenvalue weighted by Gasteiger charge is -2.19. The van der Waals surface area contributed by atoms with E-state index in [2.05, 4.69) is 9.97 Å². The van der Waals surface area contributed by atoms with Gasteiger partial charge < -0.3 is 10.6 Å². The molecule has 3 aromatic rings. The highest BCUT2D eigenvalue weighted by Crippen LogP contribution is 2.28. The molecule has 2 aromatic heterocycles. The SMILES string of the molecule is CN(Cc1cccc(F)c1)c1nc(N)nc2sccc12. The fourth-order valence-corrected chi connectivity index (χ4v) is 2.90. The number of anilines is 2. The molecule has 0 saturated carbocycles. The fraction of sp³-hybridized carbons (Fsp3) is 0.143. The van der Waals surface area contributed by atoms with Gasteiger partial charge in [0.25, 0.3) is 0 Å². The third-order valence-corrected chi connectivity index (χ3v) is 3.80. The van der Waals surface area contributed by atoms with Gasteiger partial charge in [0.2, 0.25) is 5.95 Å². The van der Waals surface area contributed by atoms with E-state index in [9.17, 15) is 4.39 Å². The van der Waals surface area contributed by atoms with Crippen molar-refractivity contribution in [3.8, 4) is 0 Å². The normalized spacial score (nSPS) is 10.9. The molecule has 1 aromatic carbocycles. The molecule has 0 amide bonds. The van der Waals surface area contributed by atoms with Crippen LogP contribution in [0.4, 0.5) is 16.2 Å². The molecular weight excluding hydrogens is 275 g/mol. The number of fused-ring (bicyclic) bond motifs is 1. The summed E-state index contributed by atoms with van der Waals surface area (Å²) in [6.45, 7) is 0.555. The van der Waals surface area contributed by atoms with Gasteiger partial charge in [0.05, 0.1) is 5.39 Å². The number of nitrogens with two attached hydrogens (primary N) is 1. The number of nitrogen functional groups attached to an aromatic ring is 1. The van der Waals surface area contributed by atoms with Crippen molar-refractivity contribution in [2.45, 2.75) is 6.54 Å². The molecule has 4 nitrogen and oxygen atoms in total. The Kier molecular flexibility index (Phi) is 3.23. The zero-order chi connectivity index (χ0) is 14.1. The van der Waals surface area contributed by atoms with Crippen molar-refractivity contribution in [2.75, 3.05) is 17.7 Å². The Balaban J connectivity index is 1.96. The van der Waals surface area contributed by atoms with E-state index in [1.165, 1.54) is 23.5 Å². The van der Waals surface area contributed by atoms with Crippen molar-refractivity contribution in [1.82, 2.24) is 9.97 Å². The maximum absolute atomic E-state index is 13.2. The van der Waals surface area contributed by atoms with Gasteiger partial charge in [0, 0.05) is 13.6 Å². The minimum Gasteiger partial charge on any atom is -0.368 e. The quantitative estimate of drug-likeness (QED) is 0.805. The van der Waals surface area contributed by atoms with Crippen molar-refractivity contribution >= 4 is 33.3 Å². The molecule has 2 heterocycles. The molecule has 0 aliphatic carbocycles. The van der Waals surface area contributed by atoms with Crippen molar-refractivity contribution in [3.63, 3.8) is 0 Å². The highest BCUT2D eigenvalue weighted by molar-refractivity contribution is 7.16. The van der Waals surface area contributed by atoms with Gasteiger partial charge in [-0.2, -0.15) is 4.98 Å². The Bertz CT molecular complexity index is 756. The number of thiophene rings is 1. The lowest BCUT2D eigenvalue weighted by molar-refractivity contribution is 0.625. The van der Waals surface area contributed by atoms with Gasteiger partial charge in [-0.15, -0.1) is 11.3 Å². The molecule has 0 aliphatic heterocycles. The lowest BCUT2D eigenvalue weighted by atomic mass is 10.2. The van der Waals surface area contributed by atoms with Crippen LogP contribution in [0.25, 0.3) is 10.2 Å². The van der Waals surface area contributed by atoms with E-state index in [4.69, 9.17) is 5.73 Å². The van der Waals surface area contributed by atoms with E-state index in [0.717, 1.165) is 21.6 Å². The van der Waals surface area contributed by atoms with E-state index < -0.39 is 0 Å². The van der Waals surface area contributed by atoms with Crippen LogP contribution in [0.1, 0.15) is 5.56 Å². The number of hydrogen-bond acceptors (Lipinski definition) is 5. The Morgan fingerprint density at radius 3 is 2.95 bits per heavy atom. The first-order valence-corrected chi connectivity index (χ1v) is 6.98. The minimum atomic E-state index is -0.237. The molecule has 0 spiro atoms. The number of benzene rings is 1. The molecule has 0 atom stereocenters. The third-order valence-electron chi connectivity index (χ3n) is 2.99. The molecular formula is C14H13FN4S. The van der Waals surface area contributed by atoms with Crippen LogP contribution < -0.4 is 10.6 Å². The molecule has 2 N–H and O–H groups in total. The summed E-state index contributed by atoms with van der Waals surface area (Å²) in [6, 6.07) is 8.51. The van der Waals surface area contributed by atoms with Crippen molar-refractivity contribution in [2.24, 2.45) is 0 Å². The molecule has 0 saturated heterocycles. The summed E-state index contributed by atoms with van der Waals surface area (Å²) in [6.07, 6.45) is 0. The Morgan fingerprint density at radius 1 is 1.30 bits per heavy atom. The van der Waals surface area contributed by atoms with E-state index in [1.807, 2.05) is 29.5 Å². The van der Waals surface area contributed by atoms with Gasteiger partial charge >= 0.3 is 0 Å². The van der Waals surface area contributed by atoms with E-state index in [1.54, 1.807) is 6.07 Å². The van der Waals surface area contributed by atoms with Gasteiger partial charge in [0.1, 0.15) is 16.5 Å². The molecule has 0 aliphatic rings. The maximum Gasteiger partial charge on any atom is 0.223 e. The Hall–Kier alpha value is -2.21. The average Bonchev–Trinajstić information content (AvgIpc) is 2.85. The van der Waals surface area contributed by atoms with Crippen molar-refractivity contribution in [3.05, 3.63) is 47.1 Å². The van der Waals surface area contributed by atoms with Crippen LogP contribution in [-0.2, 0) is 6.54 Å². The smallest absolute Gasteiger partial charge is 0.223 e. The monoisotopic (exact) mass is 288 g/mol. The van der Waals surface area contributed by atoms with Crippen molar-refractivity contribution < 1.29 is 4.39 Å². The van der Waals surface area contributed by atoms with E-state index >= 15 is 0 Å². The summed E-state index contributed by atoms with van der Waals surface area (Å²) in [5, 5.41) is 2.92. The topological polar surface area (TPSA) is 55.0 Å². The van der Waals surface area contributed by atoms with Crippen molar-refractivity contribution in [1.29, 1.82) is 0 Å². The molecule has 0 bridgehead atoms. The summed E-state index contributed by atoms with van der Waals surface area (Å²) in [4.78, 5) is 11.3. The predicted octanol–water partition coefficient (Wildman–Crippen LogP) is 3.05. The third kappa shape index (κ3) is 2.42. The fourth-order valence-electron chi connectivity index (χ4n) is 2.13. The van der Waals surface area contributed by atoms with Crippen LogP contribution in [0.3, 0.4) is 0 Å². The molecule has 0 radical (unpaired) electrons. The molecule has 3 rings (SSSR count). The Morgan fingerprint density at radius 2 is 2.15 bits per heavy atom. The first-order valence-electron chi connectivity index (χ1n) is 6.10. The number of nitrogens with zero attached hydrogens (tertiary/aromatic N) is 3. The lowest BCUT2D eigenvalue weighted by Crippen LogP contribution is -2.18. The summed E-state index contributed by atoms with van der Waals surface area (Å²) in [5.41, 5.74) is 6.62. The highest BCUT2D eigenvalue weighted by Gasteiger charge is 2.12. The zero-order valence-corrected chi connectivity index (χ0v) is 11.7. The van der Waals surface area contributed by atoms with E-state index in [0.29, 0.717) is 6.54 Å². The largest absolute Gasteiger partial charge is 0.368 e. The minimum absolute atomic E-state index is 0.237. The number of rotatable bonds is 3. The van der Waals surface area contributed by atoms with Gasteiger partial charge in [0.15, 0.2) is 0 Å². The highest BCUT2D eigenvalue weighted by atomic mass is 32.1. The average molecular weight is 288 g/mol. The number of halogens is 1. The molecule has 0 fully saturated rings. The molecule has 0 unspecified atom stereocenters. The predicted molar refractivity (Wildman–Crippen MR) is 80.3 cm³/mol. The summed E-state index contributed by atoms with van der Waals surface area (Å²) < 4.78 is 13.2.